The fraction of sp³-hybridized carbons (Fsp3) is 0.593. The highest BCUT2D eigenvalue weighted by Gasteiger charge is 2.59. The number of amides is 1. The van der Waals surface area contributed by atoms with E-state index in [4.69, 9.17) is 9.84 Å². The minimum atomic E-state index is -3.87. The average Bonchev–Trinajstić information content (AvgIpc) is 3.15. The Labute approximate surface area is 230 Å². The lowest BCUT2D eigenvalue weighted by atomic mass is 10.0. The molecule has 3 rings (SSSR count). The molecule has 3 atom stereocenters. The van der Waals surface area contributed by atoms with Crippen molar-refractivity contribution in [3.05, 3.63) is 51.8 Å². The second-order valence-electron chi connectivity index (χ2n) is 9.90. The summed E-state index contributed by atoms with van der Waals surface area (Å²) in [5.74, 6) is -6.04. The lowest BCUT2D eigenvalue weighted by molar-refractivity contribution is -0.140. The Hall–Kier alpha value is -3.29. The second-order valence-corrected chi connectivity index (χ2v) is 9.90. The number of anilines is 1. The second kappa shape index (κ2) is 14.4. The van der Waals surface area contributed by atoms with Crippen LogP contribution in [0.2, 0.25) is 0 Å². The highest BCUT2D eigenvalue weighted by molar-refractivity contribution is 6.04. The maximum absolute atomic E-state index is 14.4. The summed E-state index contributed by atoms with van der Waals surface area (Å²) in [4.78, 5) is 44.4. The van der Waals surface area contributed by atoms with Crippen molar-refractivity contribution in [2.75, 3.05) is 11.9 Å². The summed E-state index contributed by atoms with van der Waals surface area (Å²) >= 11 is 0. The van der Waals surface area contributed by atoms with Crippen molar-refractivity contribution in [2.45, 2.75) is 95.5 Å². The molecule has 40 heavy (non-hydrogen) atoms. The van der Waals surface area contributed by atoms with Crippen LogP contribution in [-0.4, -0.2) is 66.5 Å². The van der Waals surface area contributed by atoms with E-state index in [2.05, 4.69) is 22.2 Å². The summed E-state index contributed by atoms with van der Waals surface area (Å²) in [5, 5.41) is 30.7. The van der Waals surface area contributed by atoms with Crippen LogP contribution in [0, 0.1) is 0 Å². The summed E-state index contributed by atoms with van der Waals surface area (Å²) < 4.78 is 34.2. The molecule has 0 spiro atoms. The molecule has 2 aromatic heterocycles. The number of nitrogens with zero attached hydrogens (tertiary/aromatic N) is 3. The van der Waals surface area contributed by atoms with Gasteiger partial charge in [-0.05, 0) is 30.5 Å². The number of carbonyl (C=O) groups is 2. The largest absolute Gasteiger partial charge is 0.477 e. The van der Waals surface area contributed by atoms with Crippen LogP contribution in [0.15, 0.2) is 29.3 Å². The first kappa shape index (κ1) is 31.2. The van der Waals surface area contributed by atoms with Crippen molar-refractivity contribution in [1.29, 1.82) is 0 Å². The maximum atomic E-state index is 14.4. The highest BCUT2D eigenvalue weighted by Crippen LogP contribution is 2.42. The zero-order valence-corrected chi connectivity index (χ0v) is 22.4. The Morgan fingerprint density at radius 2 is 1.77 bits per heavy atom. The van der Waals surface area contributed by atoms with Crippen molar-refractivity contribution >= 4 is 17.7 Å². The van der Waals surface area contributed by atoms with Gasteiger partial charge in [-0.2, -0.15) is 13.8 Å². The number of hydrogen-bond donors (Lipinski definition) is 4. The number of carboxylic acids is 1. The van der Waals surface area contributed by atoms with Gasteiger partial charge in [-0.3, -0.25) is 9.36 Å². The number of aryl methyl sites for hydroxylation is 1. The maximum Gasteiger partial charge on any atom is 0.354 e. The van der Waals surface area contributed by atoms with E-state index in [0.29, 0.717) is 16.6 Å². The lowest BCUT2D eigenvalue weighted by Gasteiger charge is -2.21. The van der Waals surface area contributed by atoms with Gasteiger partial charge in [0.15, 0.2) is 11.8 Å². The van der Waals surface area contributed by atoms with E-state index >= 15 is 0 Å². The number of nitrogens with one attached hydrogen (secondary N) is 1. The molecule has 1 amide bonds. The molecule has 1 fully saturated rings. The van der Waals surface area contributed by atoms with E-state index in [1.807, 2.05) is 0 Å². The van der Waals surface area contributed by atoms with Crippen LogP contribution in [0.5, 0.6) is 0 Å². The Morgan fingerprint density at radius 1 is 1.12 bits per heavy atom. The van der Waals surface area contributed by atoms with Crippen LogP contribution >= 0.6 is 0 Å². The molecule has 0 radical (unpaired) electrons. The van der Waals surface area contributed by atoms with E-state index in [1.165, 1.54) is 38.2 Å². The Balaban J connectivity index is 1.63. The zero-order chi connectivity index (χ0) is 29.3. The standard InChI is InChI=1S/C27H36F2N4O7/c1-2-3-4-5-6-7-8-9-10-11-17-14-18(15-30-21(17)24(37)38)23(36)31-20-12-13-33(26(39)32-20)25-27(28,29)22(35)19(16-34)40-25/h12-15,19,22,25,34-35H,2-11,16H2,1H3,(H,37,38)(H,31,32,36,39)/t19-,22-,25-/m1/s1. The smallest absolute Gasteiger partial charge is 0.354 e. The fourth-order valence-corrected chi connectivity index (χ4v) is 4.61. The summed E-state index contributed by atoms with van der Waals surface area (Å²) in [7, 11) is 0. The molecule has 0 bridgehead atoms. The van der Waals surface area contributed by atoms with Crippen molar-refractivity contribution < 1.29 is 38.4 Å². The molecule has 11 nitrogen and oxygen atoms in total. The Bertz CT molecular complexity index is 1220. The molecule has 1 aliphatic heterocycles. The van der Waals surface area contributed by atoms with Gasteiger partial charge in [-0.15, -0.1) is 0 Å². The molecule has 2 aromatic rings. The number of rotatable bonds is 15. The summed E-state index contributed by atoms with van der Waals surface area (Å²) in [5.41, 5.74) is -0.873. The van der Waals surface area contributed by atoms with E-state index in [-0.39, 0.29) is 17.1 Å². The van der Waals surface area contributed by atoms with Crippen LogP contribution in [0.25, 0.3) is 0 Å². The SMILES string of the molecule is CCCCCCCCCCCc1cc(C(=O)Nc2ccn([C@@H]3O[C@H](CO)[C@@H](O)C3(F)F)c(=O)n2)cnc1C(=O)O. The summed E-state index contributed by atoms with van der Waals surface area (Å²) in [6.45, 7) is 1.30. The predicted molar refractivity (Wildman–Crippen MR) is 141 cm³/mol. The number of halogens is 2. The molecule has 0 saturated carbocycles. The lowest BCUT2D eigenvalue weighted by Crippen LogP contribution is -2.41. The normalized spacial score (nSPS) is 20.0. The van der Waals surface area contributed by atoms with Gasteiger partial charge >= 0.3 is 17.6 Å². The summed E-state index contributed by atoms with van der Waals surface area (Å²) in [6.07, 6.45) is 6.26. The first-order valence-electron chi connectivity index (χ1n) is 13.5. The third-order valence-electron chi connectivity index (χ3n) is 6.86. The molecule has 3 heterocycles. The van der Waals surface area contributed by atoms with E-state index < -0.39 is 48.5 Å². The molecule has 1 aliphatic rings. The number of pyridine rings is 1. The number of unbranched alkanes of at least 4 members (excludes halogenated alkanes) is 8. The molecule has 220 valence electrons. The summed E-state index contributed by atoms with van der Waals surface area (Å²) in [6, 6.07) is 2.53. The molecule has 1 saturated heterocycles. The number of carboxylic acid groups (broad SMARTS) is 1. The molecule has 4 N–H and O–H groups in total. The van der Waals surface area contributed by atoms with Gasteiger partial charge in [0.1, 0.15) is 11.9 Å². The van der Waals surface area contributed by atoms with Gasteiger partial charge in [0.05, 0.1) is 12.2 Å². The molecule has 0 aliphatic carbocycles. The number of hydrogen-bond acceptors (Lipinski definition) is 8. The van der Waals surface area contributed by atoms with Gasteiger partial charge in [0.2, 0.25) is 6.23 Å². The van der Waals surface area contributed by atoms with E-state index in [1.54, 1.807) is 0 Å². The average molecular weight is 567 g/mol. The van der Waals surface area contributed by atoms with Crippen LogP contribution in [-0.2, 0) is 11.2 Å². The Morgan fingerprint density at radius 3 is 2.35 bits per heavy atom. The Kier molecular flexibility index (Phi) is 11.2. The zero-order valence-electron chi connectivity index (χ0n) is 22.4. The highest BCUT2D eigenvalue weighted by atomic mass is 19.3. The number of alkyl halides is 2. The molecule has 0 aromatic carbocycles. The van der Waals surface area contributed by atoms with Crippen molar-refractivity contribution in [3.63, 3.8) is 0 Å². The topological polar surface area (TPSA) is 164 Å². The quantitative estimate of drug-likeness (QED) is 0.236. The third kappa shape index (κ3) is 7.67. The van der Waals surface area contributed by atoms with Gasteiger partial charge in [-0.1, -0.05) is 58.3 Å². The minimum Gasteiger partial charge on any atom is -0.477 e. The van der Waals surface area contributed by atoms with Crippen LogP contribution in [0.3, 0.4) is 0 Å². The van der Waals surface area contributed by atoms with Gasteiger partial charge in [0, 0.05) is 12.4 Å². The monoisotopic (exact) mass is 566 g/mol. The molecular formula is C27H36F2N4O7. The number of aliphatic hydroxyl groups is 2. The van der Waals surface area contributed by atoms with E-state index in [0.717, 1.165) is 44.1 Å². The molecule has 13 heteroatoms. The van der Waals surface area contributed by atoms with Crippen LogP contribution < -0.4 is 11.0 Å². The third-order valence-corrected chi connectivity index (χ3v) is 6.86. The number of aromatic nitrogens is 3. The molecular weight excluding hydrogens is 530 g/mol. The number of aliphatic hydroxyl groups excluding tert-OH is 2. The van der Waals surface area contributed by atoms with Crippen LogP contribution in [0.1, 0.15) is 97.3 Å². The number of ether oxygens (including phenoxy) is 1. The first-order valence-corrected chi connectivity index (χ1v) is 13.5. The number of aromatic carboxylic acids is 1. The fourth-order valence-electron chi connectivity index (χ4n) is 4.61. The van der Waals surface area contributed by atoms with Gasteiger partial charge in [-0.25, -0.2) is 14.6 Å². The van der Waals surface area contributed by atoms with Crippen molar-refractivity contribution in [2.24, 2.45) is 0 Å². The van der Waals surface area contributed by atoms with Crippen LogP contribution in [0.4, 0.5) is 14.6 Å². The van der Waals surface area contributed by atoms with Gasteiger partial charge < -0.3 is 25.4 Å². The minimum absolute atomic E-state index is 0.0430. The predicted octanol–water partition coefficient (Wildman–Crippen LogP) is 3.55. The first-order chi connectivity index (χ1) is 19.1. The van der Waals surface area contributed by atoms with Gasteiger partial charge in [0.25, 0.3) is 5.91 Å². The van der Waals surface area contributed by atoms with Crippen molar-refractivity contribution in [1.82, 2.24) is 14.5 Å². The van der Waals surface area contributed by atoms with E-state index in [9.17, 15) is 33.4 Å². The molecule has 0 unspecified atom stereocenters. The van der Waals surface area contributed by atoms with Crippen molar-refractivity contribution in [3.8, 4) is 0 Å². The number of carbonyl (C=O) groups excluding carboxylic acids is 1.